The minimum atomic E-state index is -4.35. The molecule has 0 aliphatic carbocycles. The van der Waals surface area contributed by atoms with Crippen LogP contribution in [-0.2, 0) is 13.1 Å². The van der Waals surface area contributed by atoms with Crippen LogP contribution in [0.5, 0.6) is 11.6 Å². The molecule has 1 aromatic carbocycles. The van der Waals surface area contributed by atoms with Crippen molar-refractivity contribution >= 4 is 5.96 Å². The molecular weight excluding hydrogens is 373 g/mol. The average Bonchev–Trinajstić information content (AvgIpc) is 2.69. The molecule has 0 aliphatic rings. The third-order valence-corrected chi connectivity index (χ3v) is 3.56. The van der Waals surface area contributed by atoms with Gasteiger partial charge in [0.15, 0.2) is 12.6 Å². The molecule has 2 aromatic rings. The second-order valence-corrected chi connectivity index (χ2v) is 5.80. The van der Waals surface area contributed by atoms with Crippen molar-refractivity contribution in [2.75, 3.05) is 20.3 Å². The number of nitrogens with one attached hydrogen (secondary N) is 2. The summed E-state index contributed by atoms with van der Waals surface area (Å²) in [5.41, 5.74) is 1.84. The van der Waals surface area contributed by atoms with E-state index in [9.17, 15) is 13.2 Å². The van der Waals surface area contributed by atoms with Gasteiger partial charge >= 0.3 is 6.18 Å². The van der Waals surface area contributed by atoms with Gasteiger partial charge in [0.25, 0.3) is 0 Å². The van der Waals surface area contributed by atoms with Gasteiger partial charge in [0.1, 0.15) is 5.75 Å². The maximum Gasteiger partial charge on any atom is 0.422 e. The number of aliphatic imine (C=N–C) groups is 1. The predicted octanol–water partition coefficient (Wildman–Crippen LogP) is 3.29. The molecule has 0 saturated heterocycles. The van der Waals surface area contributed by atoms with Crippen molar-refractivity contribution in [1.29, 1.82) is 0 Å². The summed E-state index contributed by atoms with van der Waals surface area (Å²) in [6.45, 7) is 2.25. The summed E-state index contributed by atoms with van der Waals surface area (Å²) in [7, 11) is 1.56. The van der Waals surface area contributed by atoms with Crippen LogP contribution in [0.4, 0.5) is 13.2 Å². The number of rotatable bonds is 8. The molecule has 152 valence electrons. The number of nitrogens with zero attached hydrogens (tertiary/aromatic N) is 2. The summed E-state index contributed by atoms with van der Waals surface area (Å²) in [4.78, 5) is 8.57. The number of aromatic nitrogens is 1. The molecule has 0 unspecified atom stereocenters. The molecule has 0 fully saturated rings. The second kappa shape index (κ2) is 10.4. The Morgan fingerprint density at radius 3 is 2.50 bits per heavy atom. The third kappa shape index (κ3) is 7.73. The van der Waals surface area contributed by atoms with E-state index < -0.39 is 12.8 Å². The quantitative estimate of drug-likeness (QED) is 0.530. The molecule has 0 radical (unpaired) electrons. The SMILES string of the molecule is CCNC(=NCc1ccnc(OC)c1)NCc1ccc(OCC(F)(F)F)cc1. The van der Waals surface area contributed by atoms with E-state index in [1.54, 1.807) is 25.4 Å². The smallest absolute Gasteiger partial charge is 0.422 e. The van der Waals surface area contributed by atoms with Crippen molar-refractivity contribution in [3.8, 4) is 11.6 Å². The minimum Gasteiger partial charge on any atom is -0.484 e. The van der Waals surface area contributed by atoms with Crippen LogP contribution >= 0.6 is 0 Å². The summed E-state index contributed by atoms with van der Waals surface area (Å²) in [5, 5.41) is 6.33. The molecule has 2 rings (SSSR count). The van der Waals surface area contributed by atoms with E-state index in [2.05, 4.69) is 20.6 Å². The monoisotopic (exact) mass is 396 g/mol. The van der Waals surface area contributed by atoms with Gasteiger partial charge in [0, 0.05) is 25.4 Å². The molecule has 1 heterocycles. The summed E-state index contributed by atoms with van der Waals surface area (Å²) >= 11 is 0. The first kappa shape index (κ1) is 21.3. The largest absolute Gasteiger partial charge is 0.484 e. The van der Waals surface area contributed by atoms with Gasteiger partial charge in [-0.3, -0.25) is 0 Å². The molecule has 0 bridgehead atoms. The Hall–Kier alpha value is -2.97. The van der Waals surface area contributed by atoms with E-state index >= 15 is 0 Å². The number of pyridine rings is 1. The van der Waals surface area contributed by atoms with E-state index in [4.69, 9.17) is 9.47 Å². The second-order valence-electron chi connectivity index (χ2n) is 5.80. The Morgan fingerprint density at radius 1 is 1.11 bits per heavy atom. The van der Waals surface area contributed by atoms with Gasteiger partial charge in [0.05, 0.1) is 13.7 Å². The summed E-state index contributed by atoms with van der Waals surface area (Å²) in [6.07, 6.45) is -2.69. The average molecular weight is 396 g/mol. The lowest BCUT2D eigenvalue weighted by Crippen LogP contribution is -2.36. The van der Waals surface area contributed by atoms with E-state index in [0.29, 0.717) is 31.5 Å². The number of hydrogen-bond donors (Lipinski definition) is 2. The van der Waals surface area contributed by atoms with Crippen LogP contribution in [0.3, 0.4) is 0 Å². The van der Waals surface area contributed by atoms with Gasteiger partial charge in [-0.05, 0) is 36.2 Å². The molecule has 9 heteroatoms. The Balaban J connectivity index is 1.91. The van der Waals surface area contributed by atoms with Crippen molar-refractivity contribution in [2.24, 2.45) is 4.99 Å². The summed E-state index contributed by atoms with van der Waals surface area (Å²) in [6, 6.07) is 10.1. The number of hydrogen-bond acceptors (Lipinski definition) is 4. The third-order valence-electron chi connectivity index (χ3n) is 3.56. The lowest BCUT2D eigenvalue weighted by Gasteiger charge is -2.12. The van der Waals surface area contributed by atoms with Crippen molar-refractivity contribution in [2.45, 2.75) is 26.2 Å². The van der Waals surface area contributed by atoms with E-state index in [0.717, 1.165) is 11.1 Å². The van der Waals surface area contributed by atoms with Gasteiger partial charge in [-0.15, -0.1) is 0 Å². The first-order chi connectivity index (χ1) is 13.4. The fourth-order valence-corrected chi connectivity index (χ4v) is 2.23. The Bertz CT molecular complexity index is 765. The van der Waals surface area contributed by atoms with Crippen LogP contribution in [0.25, 0.3) is 0 Å². The summed E-state index contributed by atoms with van der Waals surface area (Å²) < 4.78 is 46.3. The lowest BCUT2D eigenvalue weighted by atomic mass is 10.2. The zero-order valence-corrected chi connectivity index (χ0v) is 15.7. The predicted molar refractivity (Wildman–Crippen MR) is 100 cm³/mol. The molecule has 0 aliphatic heterocycles. The molecule has 0 atom stereocenters. The van der Waals surface area contributed by atoms with Crippen molar-refractivity contribution in [1.82, 2.24) is 15.6 Å². The van der Waals surface area contributed by atoms with Gasteiger partial charge in [0.2, 0.25) is 5.88 Å². The molecule has 2 N–H and O–H groups in total. The van der Waals surface area contributed by atoms with Gasteiger partial charge in [-0.1, -0.05) is 12.1 Å². The van der Waals surface area contributed by atoms with Crippen molar-refractivity contribution in [3.63, 3.8) is 0 Å². The van der Waals surface area contributed by atoms with E-state index in [1.807, 2.05) is 19.1 Å². The number of guanidine groups is 1. The number of methoxy groups -OCH3 is 1. The Labute approximate surface area is 161 Å². The van der Waals surface area contributed by atoms with E-state index in [-0.39, 0.29) is 5.75 Å². The molecule has 1 aromatic heterocycles. The van der Waals surface area contributed by atoms with Crippen LogP contribution in [0.15, 0.2) is 47.6 Å². The van der Waals surface area contributed by atoms with Gasteiger partial charge in [-0.2, -0.15) is 13.2 Å². The number of ether oxygens (including phenoxy) is 2. The highest BCUT2D eigenvalue weighted by Crippen LogP contribution is 2.18. The number of benzene rings is 1. The summed E-state index contributed by atoms with van der Waals surface area (Å²) in [5.74, 6) is 1.32. The zero-order valence-electron chi connectivity index (χ0n) is 15.7. The van der Waals surface area contributed by atoms with Crippen LogP contribution in [0, 0.1) is 0 Å². The van der Waals surface area contributed by atoms with Crippen molar-refractivity contribution < 1.29 is 22.6 Å². The molecule has 6 nitrogen and oxygen atoms in total. The maximum atomic E-state index is 12.2. The standard InChI is InChI=1S/C19H23F3N4O2/c1-3-23-18(26-12-15-8-9-24-17(10-15)27-2)25-11-14-4-6-16(7-5-14)28-13-19(20,21)22/h4-10H,3,11-13H2,1-2H3,(H2,23,25,26). The maximum absolute atomic E-state index is 12.2. The van der Waals surface area contributed by atoms with Crippen LogP contribution < -0.4 is 20.1 Å². The Kier molecular flexibility index (Phi) is 7.91. The van der Waals surface area contributed by atoms with E-state index in [1.165, 1.54) is 12.1 Å². The normalized spacial score (nSPS) is 11.8. The zero-order chi connectivity index (χ0) is 20.4. The van der Waals surface area contributed by atoms with Crippen LogP contribution in [-0.4, -0.2) is 37.4 Å². The fraction of sp³-hybridized carbons (Fsp3) is 0.368. The highest BCUT2D eigenvalue weighted by Gasteiger charge is 2.28. The molecular formula is C19H23F3N4O2. The highest BCUT2D eigenvalue weighted by molar-refractivity contribution is 5.79. The fourth-order valence-electron chi connectivity index (χ4n) is 2.23. The van der Waals surface area contributed by atoms with Crippen LogP contribution in [0.1, 0.15) is 18.1 Å². The first-order valence-corrected chi connectivity index (χ1v) is 8.69. The number of halogens is 3. The van der Waals surface area contributed by atoms with Gasteiger partial charge in [-0.25, -0.2) is 9.98 Å². The molecule has 0 saturated carbocycles. The topological polar surface area (TPSA) is 67.8 Å². The first-order valence-electron chi connectivity index (χ1n) is 8.69. The van der Waals surface area contributed by atoms with Crippen molar-refractivity contribution in [3.05, 3.63) is 53.7 Å². The van der Waals surface area contributed by atoms with Gasteiger partial charge < -0.3 is 20.1 Å². The molecule has 0 amide bonds. The highest BCUT2D eigenvalue weighted by atomic mass is 19.4. The Morgan fingerprint density at radius 2 is 1.86 bits per heavy atom. The molecule has 28 heavy (non-hydrogen) atoms. The molecule has 0 spiro atoms. The van der Waals surface area contributed by atoms with Crippen LogP contribution in [0.2, 0.25) is 0 Å². The number of alkyl halides is 3. The minimum absolute atomic E-state index is 0.174. The lowest BCUT2D eigenvalue weighted by molar-refractivity contribution is -0.153.